The SMILES string of the molecule is Cc1c(C(C)NCCOCC2CC2)oc2ccccc12. The third kappa shape index (κ3) is 3.05. The Morgan fingerprint density at radius 3 is 2.90 bits per heavy atom. The summed E-state index contributed by atoms with van der Waals surface area (Å²) in [6, 6.07) is 8.42. The Labute approximate surface area is 120 Å². The van der Waals surface area contributed by atoms with Gasteiger partial charge in [-0.15, -0.1) is 0 Å². The maximum absolute atomic E-state index is 5.96. The lowest BCUT2D eigenvalue weighted by Gasteiger charge is -2.12. The molecule has 0 saturated heterocycles. The van der Waals surface area contributed by atoms with Crippen LogP contribution in [0.25, 0.3) is 11.0 Å². The molecule has 1 saturated carbocycles. The third-order valence-corrected chi connectivity index (χ3v) is 4.02. The van der Waals surface area contributed by atoms with Gasteiger partial charge in [0, 0.05) is 18.5 Å². The second kappa shape index (κ2) is 5.98. The molecule has 2 aromatic rings. The number of hydrogen-bond acceptors (Lipinski definition) is 3. The number of aryl methyl sites for hydroxylation is 1. The van der Waals surface area contributed by atoms with E-state index in [0.29, 0.717) is 0 Å². The summed E-state index contributed by atoms with van der Waals surface area (Å²) in [4.78, 5) is 0. The average Bonchev–Trinajstić information content (AvgIpc) is 3.22. The van der Waals surface area contributed by atoms with E-state index in [9.17, 15) is 0 Å². The molecule has 108 valence electrons. The van der Waals surface area contributed by atoms with Crippen LogP contribution in [0.4, 0.5) is 0 Å². The first kappa shape index (κ1) is 13.7. The van der Waals surface area contributed by atoms with Gasteiger partial charge < -0.3 is 14.5 Å². The van der Waals surface area contributed by atoms with Crippen molar-refractivity contribution < 1.29 is 9.15 Å². The van der Waals surface area contributed by atoms with Gasteiger partial charge in [0.05, 0.1) is 12.6 Å². The van der Waals surface area contributed by atoms with E-state index in [1.807, 2.05) is 12.1 Å². The number of para-hydroxylation sites is 1. The first-order valence-corrected chi connectivity index (χ1v) is 7.55. The molecular formula is C17H23NO2. The maximum Gasteiger partial charge on any atom is 0.134 e. The molecule has 1 aromatic carbocycles. The first-order valence-electron chi connectivity index (χ1n) is 7.55. The quantitative estimate of drug-likeness (QED) is 0.779. The van der Waals surface area contributed by atoms with Crippen molar-refractivity contribution >= 4 is 11.0 Å². The molecule has 0 bridgehead atoms. The van der Waals surface area contributed by atoms with E-state index in [1.54, 1.807) is 0 Å². The van der Waals surface area contributed by atoms with Gasteiger partial charge in [-0.3, -0.25) is 0 Å². The highest BCUT2D eigenvalue weighted by molar-refractivity contribution is 5.82. The van der Waals surface area contributed by atoms with Crippen molar-refractivity contribution in [3.63, 3.8) is 0 Å². The van der Waals surface area contributed by atoms with Gasteiger partial charge in [-0.05, 0) is 44.2 Å². The molecule has 1 aliphatic rings. The van der Waals surface area contributed by atoms with E-state index in [1.165, 1.54) is 23.8 Å². The summed E-state index contributed by atoms with van der Waals surface area (Å²) in [7, 11) is 0. The molecule has 1 unspecified atom stereocenters. The summed E-state index contributed by atoms with van der Waals surface area (Å²) in [5.74, 6) is 1.87. The van der Waals surface area contributed by atoms with Gasteiger partial charge in [0.2, 0.25) is 0 Å². The fourth-order valence-electron chi connectivity index (χ4n) is 2.58. The number of rotatable bonds is 7. The van der Waals surface area contributed by atoms with Crippen molar-refractivity contribution in [3.05, 3.63) is 35.6 Å². The lowest BCUT2D eigenvalue weighted by atomic mass is 10.1. The number of furan rings is 1. The normalized spacial score (nSPS) is 16.7. The molecule has 0 spiro atoms. The summed E-state index contributed by atoms with van der Waals surface area (Å²) < 4.78 is 11.6. The average molecular weight is 273 g/mol. The Balaban J connectivity index is 1.54. The van der Waals surface area contributed by atoms with Crippen LogP contribution in [0.5, 0.6) is 0 Å². The summed E-state index contributed by atoms with van der Waals surface area (Å²) in [6.07, 6.45) is 2.70. The number of benzene rings is 1. The van der Waals surface area contributed by atoms with E-state index in [2.05, 4.69) is 31.3 Å². The van der Waals surface area contributed by atoms with Gasteiger partial charge in [-0.1, -0.05) is 18.2 Å². The first-order chi connectivity index (χ1) is 9.75. The van der Waals surface area contributed by atoms with Crippen molar-refractivity contribution in [2.45, 2.75) is 32.7 Å². The number of ether oxygens (including phenoxy) is 1. The highest BCUT2D eigenvalue weighted by Gasteiger charge is 2.21. The van der Waals surface area contributed by atoms with Crippen LogP contribution in [-0.4, -0.2) is 19.8 Å². The van der Waals surface area contributed by atoms with Gasteiger partial charge in [0.1, 0.15) is 11.3 Å². The third-order valence-electron chi connectivity index (χ3n) is 4.02. The molecule has 1 aromatic heterocycles. The highest BCUT2D eigenvalue weighted by atomic mass is 16.5. The van der Waals surface area contributed by atoms with Gasteiger partial charge in [-0.2, -0.15) is 0 Å². The van der Waals surface area contributed by atoms with E-state index < -0.39 is 0 Å². The van der Waals surface area contributed by atoms with Crippen molar-refractivity contribution in [1.29, 1.82) is 0 Å². The summed E-state index contributed by atoms with van der Waals surface area (Å²) in [5.41, 5.74) is 2.21. The predicted molar refractivity (Wildman–Crippen MR) is 80.9 cm³/mol. The van der Waals surface area contributed by atoms with Crippen molar-refractivity contribution in [2.24, 2.45) is 5.92 Å². The minimum Gasteiger partial charge on any atom is -0.459 e. The van der Waals surface area contributed by atoms with Crippen molar-refractivity contribution in [2.75, 3.05) is 19.8 Å². The number of fused-ring (bicyclic) bond motifs is 1. The summed E-state index contributed by atoms with van der Waals surface area (Å²) >= 11 is 0. The molecule has 3 nitrogen and oxygen atoms in total. The Morgan fingerprint density at radius 1 is 1.35 bits per heavy atom. The fourth-order valence-corrected chi connectivity index (χ4v) is 2.58. The van der Waals surface area contributed by atoms with E-state index in [0.717, 1.165) is 37.0 Å². The fraction of sp³-hybridized carbons (Fsp3) is 0.529. The van der Waals surface area contributed by atoms with Crippen LogP contribution in [0.3, 0.4) is 0 Å². The summed E-state index contributed by atoms with van der Waals surface area (Å²) in [6.45, 7) is 6.85. The molecule has 1 atom stereocenters. The van der Waals surface area contributed by atoms with Crippen LogP contribution in [0.15, 0.2) is 28.7 Å². The van der Waals surface area contributed by atoms with Crippen LogP contribution in [0.1, 0.15) is 37.1 Å². The standard InChI is InChI=1S/C17H23NO2/c1-12-15-5-3-4-6-16(15)20-17(12)13(2)18-9-10-19-11-14-7-8-14/h3-6,13-14,18H,7-11H2,1-2H3. The molecule has 3 rings (SSSR count). The smallest absolute Gasteiger partial charge is 0.134 e. The Hall–Kier alpha value is -1.32. The topological polar surface area (TPSA) is 34.4 Å². The number of hydrogen-bond donors (Lipinski definition) is 1. The van der Waals surface area contributed by atoms with Crippen LogP contribution in [0, 0.1) is 12.8 Å². The highest BCUT2D eigenvalue weighted by Crippen LogP contribution is 2.29. The Morgan fingerprint density at radius 2 is 2.15 bits per heavy atom. The van der Waals surface area contributed by atoms with Crippen molar-refractivity contribution in [1.82, 2.24) is 5.32 Å². The molecular weight excluding hydrogens is 250 g/mol. The van der Waals surface area contributed by atoms with Crippen LogP contribution >= 0.6 is 0 Å². The zero-order chi connectivity index (χ0) is 13.9. The van der Waals surface area contributed by atoms with Crippen LogP contribution < -0.4 is 5.32 Å². The van der Waals surface area contributed by atoms with Crippen LogP contribution in [-0.2, 0) is 4.74 Å². The molecule has 20 heavy (non-hydrogen) atoms. The number of nitrogens with one attached hydrogen (secondary N) is 1. The molecule has 1 fully saturated rings. The zero-order valence-electron chi connectivity index (χ0n) is 12.3. The molecule has 0 aliphatic heterocycles. The Bertz CT molecular complexity index is 571. The van der Waals surface area contributed by atoms with Gasteiger partial charge in [0.15, 0.2) is 0 Å². The van der Waals surface area contributed by atoms with Gasteiger partial charge in [0.25, 0.3) is 0 Å². The molecule has 3 heteroatoms. The van der Waals surface area contributed by atoms with E-state index in [-0.39, 0.29) is 6.04 Å². The Kier molecular flexibility index (Phi) is 4.08. The van der Waals surface area contributed by atoms with Gasteiger partial charge in [-0.25, -0.2) is 0 Å². The molecule has 0 amide bonds. The van der Waals surface area contributed by atoms with E-state index in [4.69, 9.17) is 9.15 Å². The molecule has 1 heterocycles. The minimum absolute atomic E-state index is 0.215. The molecule has 1 aliphatic carbocycles. The van der Waals surface area contributed by atoms with Crippen molar-refractivity contribution in [3.8, 4) is 0 Å². The summed E-state index contributed by atoms with van der Waals surface area (Å²) in [5, 5.41) is 4.69. The van der Waals surface area contributed by atoms with E-state index >= 15 is 0 Å². The lowest BCUT2D eigenvalue weighted by molar-refractivity contribution is 0.124. The maximum atomic E-state index is 5.96. The monoisotopic (exact) mass is 273 g/mol. The second-order valence-corrected chi connectivity index (χ2v) is 5.78. The molecule has 0 radical (unpaired) electrons. The molecule has 1 N–H and O–H groups in total. The largest absolute Gasteiger partial charge is 0.459 e. The lowest BCUT2D eigenvalue weighted by Crippen LogP contribution is -2.23. The van der Waals surface area contributed by atoms with Gasteiger partial charge >= 0.3 is 0 Å². The van der Waals surface area contributed by atoms with Crippen LogP contribution in [0.2, 0.25) is 0 Å². The predicted octanol–water partition coefficient (Wildman–Crippen LogP) is 3.82. The second-order valence-electron chi connectivity index (χ2n) is 5.78. The minimum atomic E-state index is 0.215. The zero-order valence-corrected chi connectivity index (χ0v) is 12.3.